The molecule has 1 aromatic rings. The molecule has 0 radical (unpaired) electrons. The van der Waals surface area contributed by atoms with Gasteiger partial charge in [0.1, 0.15) is 11.3 Å². The first-order valence-corrected chi connectivity index (χ1v) is 10.2. The van der Waals surface area contributed by atoms with Crippen molar-refractivity contribution < 1.29 is 24.3 Å². The first-order chi connectivity index (χ1) is 12.4. The lowest BCUT2D eigenvalue weighted by Crippen LogP contribution is -2.46. The molecule has 1 saturated heterocycles. The van der Waals surface area contributed by atoms with Gasteiger partial charge in [0, 0.05) is 36.1 Å². The van der Waals surface area contributed by atoms with E-state index in [4.69, 9.17) is 9.39 Å². The van der Waals surface area contributed by atoms with Gasteiger partial charge in [0.05, 0.1) is 12.2 Å². The van der Waals surface area contributed by atoms with E-state index < -0.39 is 13.1 Å². The Labute approximate surface area is 158 Å². The highest BCUT2D eigenvalue weighted by Crippen LogP contribution is 2.60. The Morgan fingerprint density at radius 2 is 2.08 bits per heavy atom. The third-order valence-corrected chi connectivity index (χ3v) is 6.41. The lowest BCUT2D eigenvalue weighted by atomic mass is 9.77. The zero-order chi connectivity index (χ0) is 18.4. The molecule has 3 aliphatic rings. The second kappa shape index (κ2) is 7.07. The smallest absolute Gasteiger partial charge is 0.526 e. The standard InChI is InChI=1S/C18H24BNO5S/c1-10-8-20(9-11(2)24-10)5-6-26-15-4-3-12-13-7-14(13)19(23)25-17(12)16(15)18(21)22/h3-4,10-11,13-14,23H,5-9H2,1-2H3,(H,21,22). The number of fused-ring (bicyclic) bond motifs is 3. The van der Waals surface area contributed by atoms with Crippen LogP contribution >= 0.6 is 11.8 Å². The normalized spacial score (nSPS) is 30.3. The summed E-state index contributed by atoms with van der Waals surface area (Å²) in [6.45, 7) is 6.84. The number of aromatic carboxylic acids is 1. The van der Waals surface area contributed by atoms with Crippen LogP contribution < -0.4 is 4.65 Å². The van der Waals surface area contributed by atoms with Gasteiger partial charge in [-0.1, -0.05) is 6.07 Å². The number of benzene rings is 1. The average Bonchev–Trinajstić information content (AvgIpc) is 3.34. The van der Waals surface area contributed by atoms with Crippen LogP contribution in [0, 0.1) is 0 Å². The second-order valence-electron chi connectivity index (χ2n) is 7.54. The Bertz CT molecular complexity index is 707. The maximum atomic E-state index is 11.9. The van der Waals surface area contributed by atoms with Crippen LogP contribution in [-0.2, 0) is 4.74 Å². The summed E-state index contributed by atoms with van der Waals surface area (Å²) in [7, 11) is -0.887. The van der Waals surface area contributed by atoms with Crippen LogP contribution in [0.2, 0.25) is 5.82 Å². The quantitative estimate of drug-likeness (QED) is 0.602. The molecule has 2 N–H and O–H groups in total. The van der Waals surface area contributed by atoms with Crippen molar-refractivity contribution >= 4 is 24.8 Å². The molecular formula is C18H24BNO5S. The number of nitrogens with zero attached hydrogens (tertiary/aromatic N) is 1. The molecular weight excluding hydrogens is 353 g/mol. The van der Waals surface area contributed by atoms with Gasteiger partial charge in [-0.05, 0) is 37.8 Å². The lowest BCUT2D eigenvalue weighted by molar-refractivity contribution is -0.0661. The van der Waals surface area contributed by atoms with E-state index in [9.17, 15) is 14.9 Å². The van der Waals surface area contributed by atoms with Crippen LogP contribution in [0.3, 0.4) is 0 Å². The predicted octanol–water partition coefficient (Wildman–Crippen LogP) is 2.32. The number of carbonyl (C=O) groups is 1. The van der Waals surface area contributed by atoms with Gasteiger partial charge in [0.25, 0.3) is 0 Å². The summed E-state index contributed by atoms with van der Waals surface area (Å²) in [5, 5.41) is 19.7. The lowest BCUT2D eigenvalue weighted by Gasteiger charge is -2.35. The molecule has 140 valence electrons. The van der Waals surface area contributed by atoms with Crippen molar-refractivity contribution in [3.8, 4) is 5.75 Å². The van der Waals surface area contributed by atoms with Gasteiger partial charge in [-0.3, -0.25) is 4.90 Å². The average molecular weight is 377 g/mol. The molecule has 0 aromatic heterocycles. The number of morpholine rings is 1. The Morgan fingerprint density at radius 3 is 2.77 bits per heavy atom. The van der Waals surface area contributed by atoms with Gasteiger partial charge in [-0.25, -0.2) is 4.79 Å². The summed E-state index contributed by atoms with van der Waals surface area (Å²) < 4.78 is 11.3. The molecule has 26 heavy (non-hydrogen) atoms. The summed E-state index contributed by atoms with van der Waals surface area (Å²) in [6, 6.07) is 3.87. The number of thioether (sulfide) groups is 1. The minimum atomic E-state index is -0.996. The fourth-order valence-electron chi connectivity index (χ4n) is 4.17. The Morgan fingerprint density at radius 1 is 1.35 bits per heavy atom. The van der Waals surface area contributed by atoms with Gasteiger partial charge in [0.2, 0.25) is 0 Å². The van der Waals surface area contributed by atoms with Gasteiger partial charge < -0.3 is 19.5 Å². The number of hydrogen-bond acceptors (Lipinski definition) is 6. The molecule has 0 spiro atoms. The molecule has 1 saturated carbocycles. The number of hydrogen-bond donors (Lipinski definition) is 2. The highest BCUT2D eigenvalue weighted by molar-refractivity contribution is 7.99. The minimum absolute atomic E-state index is 0.118. The summed E-state index contributed by atoms with van der Waals surface area (Å²) in [5.41, 5.74) is 1.12. The molecule has 1 aromatic carbocycles. The second-order valence-corrected chi connectivity index (χ2v) is 8.68. The summed E-state index contributed by atoms with van der Waals surface area (Å²) in [5.74, 6) is 0.523. The predicted molar refractivity (Wildman–Crippen MR) is 100 cm³/mol. The van der Waals surface area contributed by atoms with Crippen molar-refractivity contribution in [2.75, 3.05) is 25.4 Å². The van der Waals surface area contributed by atoms with Crippen molar-refractivity contribution in [3.63, 3.8) is 0 Å². The molecule has 2 fully saturated rings. The monoisotopic (exact) mass is 377 g/mol. The molecule has 4 unspecified atom stereocenters. The summed E-state index contributed by atoms with van der Waals surface area (Å²) in [6.07, 6.45) is 1.32. The van der Waals surface area contributed by atoms with Crippen molar-refractivity contribution in [2.24, 2.45) is 0 Å². The van der Waals surface area contributed by atoms with Gasteiger partial charge >= 0.3 is 13.1 Å². The van der Waals surface area contributed by atoms with Gasteiger partial charge in [-0.15, -0.1) is 11.8 Å². The zero-order valence-electron chi connectivity index (χ0n) is 15.1. The Balaban J connectivity index is 1.47. The third kappa shape index (κ3) is 3.47. The molecule has 4 rings (SSSR count). The van der Waals surface area contributed by atoms with Crippen molar-refractivity contribution in [3.05, 3.63) is 23.3 Å². The molecule has 0 amide bonds. The van der Waals surface area contributed by atoms with E-state index >= 15 is 0 Å². The number of carboxylic acid groups (broad SMARTS) is 1. The van der Waals surface area contributed by atoms with E-state index in [0.717, 1.165) is 37.4 Å². The van der Waals surface area contributed by atoms with Crippen LogP contribution in [0.15, 0.2) is 17.0 Å². The fraction of sp³-hybridized carbons (Fsp3) is 0.611. The Kier molecular flexibility index (Phi) is 4.94. The van der Waals surface area contributed by atoms with Crippen LogP contribution in [0.5, 0.6) is 5.75 Å². The molecule has 4 atom stereocenters. The number of ether oxygens (including phenoxy) is 1. The number of carboxylic acids is 1. The van der Waals surface area contributed by atoms with Crippen LogP contribution in [0.1, 0.15) is 42.1 Å². The minimum Gasteiger partial charge on any atom is -0.535 e. The summed E-state index contributed by atoms with van der Waals surface area (Å²) in [4.78, 5) is 14.9. The van der Waals surface area contributed by atoms with Crippen molar-refractivity contribution in [2.45, 2.75) is 49.1 Å². The molecule has 6 nitrogen and oxygen atoms in total. The van der Waals surface area contributed by atoms with E-state index in [1.165, 1.54) is 11.8 Å². The molecule has 0 bridgehead atoms. The van der Waals surface area contributed by atoms with Crippen LogP contribution in [0.25, 0.3) is 0 Å². The van der Waals surface area contributed by atoms with E-state index in [1.807, 2.05) is 12.1 Å². The van der Waals surface area contributed by atoms with Crippen LogP contribution in [-0.4, -0.2) is 65.7 Å². The Hall–Kier alpha value is -1.22. The maximum absolute atomic E-state index is 11.9. The first kappa shape index (κ1) is 18.2. The highest BCUT2D eigenvalue weighted by atomic mass is 32.2. The van der Waals surface area contributed by atoms with E-state index in [2.05, 4.69) is 18.7 Å². The highest BCUT2D eigenvalue weighted by Gasteiger charge is 2.54. The maximum Gasteiger partial charge on any atom is 0.526 e. The van der Waals surface area contributed by atoms with Crippen molar-refractivity contribution in [1.29, 1.82) is 0 Å². The van der Waals surface area contributed by atoms with Crippen LogP contribution in [0.4, 0.5) is 0 Å². The molecule has 1 aliphatic carbocycles. The largest absolute Gasteiger partial charge is 0.535 e. The van der Waals surface area contributed by atoms with Crippen molar-refractivity contribution in [1.82, 2.24) is 4.90 Å². The zero-order valence-corrected chi connectivity index (χ0v) is 15.9. The van der Waals surface area contributed by atoms with E-state index in [1.54, 1.807) is 0 Å². The fourth-order valence-corrected chi connectivity index (χ4v) is 5.23. The van der Waals surface area contributed by atoms with E-state index in [0.29, 0.717) is 10.6 Å². The molecule has 2 heterocycles. The summed E-state index contributed by atoms with van der Waals surface area (Å²) >= 11 is 1.54. The SMILES string of the molecule is CC1CN(CCSc2ccc3c(c2C(=O)O)OB(O)C2CC32)CC(C)O1. The van der Waals surface area contributed by atoms with Gasteiger partial charge in [-0.2, -0.15) is 0 Å². The van der Waals surface area contributed by atoms with Gasteiger partial charge in [0.15, 0.2) is 0 Å². The third-order valence-electron chi connectivity index (χ3n) is 5.37. The first-order valence-electron chi connectivity index (χ1n) is 9.19. The number of rotatable bonds is 5. The van der Waals surface area contributed by atoms with E-state index in [-0.39, 0.29) is 29.5 Å². The topological polar surface area (TPSA) is 79.2 Å². The molecule has 8 heteroatoms. The molecule has 2 aliphatic heterocycles.